The number of Topliss-reactive ketones (excluding diaryl/α,β-unsaturated/α-hetero) is 1. The Balaban J connectivity index is 2.52. The summed E-state index contributed by atoms with van der Waals surface area (Å²) >= 11 is 9.28. The third-order valence-electron chi connectivity index (χ3n) is 2.38. The first-order valence-corrected chi connectivity index (χ1v) is 5.43. The molecule has 1 aliphatic heterocycles. The van der Waals surface area contributed by atoms with Crippen molar-refractivity contribution >= 4 is 39.2 Å². The van der Waals surface area contributed by atoms with Gasteiger partial charge in [-0.2, -0.15) is 0 Å². The van der Waals surface area contributed by atoms with Crippen molar-refractivity contribution in [2.75, 3.05) is 7.11 Å². The minimum Gasteiger partial charge on any atom is -0.495 e. The quantitative estimate of drug-likeness (QED) is 0.581. The molecule has 0 bridgehead atoms. The maximum Gasteiger partial charge on any atom is 0.292 e. The molecule has 2 atom stereocenters. The average molecular weight is 293 g/mol. The third kappa shape index (κ3) is 1.50. The number of allylic oxidation sites excluding steroid dienone is 3. The van der Waals surface area contributed by atoms with Crippen molar-refractivity contribution < 1.29 is 14.3 Å². The number of methoxy groups -OCH3 is 1. The van der Waals surface area contributed by atoms with Gasteiger partial charge in [-0.25, -0.2) is 0 Å². The molecule has 0 radical (unpaired) electrons. The van der Waals surface area contributed by atoms with E-state index in [0.29, 0.717) is 15.9 Å². The molecular formula is C9H7BrClNO3. The first kappa shape index (κ1) is 10.7. The molecule has 0 saturated carbocycles. The molecular weight excluding hydrogens is 285 g/mol. The highest BCUT2D eigenvalue weighted by Gasteiger charge is 2.46. The minimum atomic E-state index is -0.659. The van der Waals surface area contributed by atoms with Crippen molar-refractivity contribution in [2.45, 2.75) is 5.38 Å². The van der Waals surface area contributed by atoms with Gasteiger partial charge in [0, 0.05) is 4.48 Å². The molecule has 1 saturated heterocycles. The van der Waals surface area contributed by atoms with Crippen LogP contribution in [0.25, 0.3) is 0 Å². The lowest BCUT2D eigenvalue weighted by Gasteiger charge is -2.22. The zero-order valence-electron chi connectivity index (χ0n) is 7.71. The fourth-order valence-electron chi connectivity index (χ4n) is 1.64. The van der Waals surface area contributed by atoms with E-state index in [2.05, 4.69) is 21.2 Å². The van der Waals surface area contributed by atoms with E-state index in [1.54, 1.807) is 6.08 Å². The Morgan fingerprint density at radius 3 is 2.80 bits per heavy atom. The topological polar surface area (TPSA) is 55.4 Å². The second kappa shape index (κ2) is 3.64. The minimum absolute atomic E-state index is 0.454. The number of nitrogens with one attached hydrogen (secondary N) is 1. The van der Waals surface area contributed by atoms with Crippen LogP contribution in [-0.4, -0.2) is 24.2 Å². The zero-order chi connectivity index (χ0) is 11.2. The Hall–Kier alpha value is -0.810. The number of rotatable bonds is 1. The van der Waals surface area contributed by atoms with Crippen LogP contribution in [0.15, 0.2) is 22.0 Å². The second-order valence-electron chi connectivity index (χ2n) is 3.21. The van der Waals surface area contributed by atoms with Crippen LogP contribution in [0.3, 0.4) is 0 Å². The zero-order valence-corrected chi connectivity index (χ0v) is 10.1. The van der Waals surface area contributed by atoms with Gasteiger partial charge in [0.2, 0.25) is 5.78 Å². The van der Waals surface area contributed by atoms with Crippen molar-refractivity contribution in [3.8, 4) is 0 Å². The molecule has 6 heteroatoms. The van der Waals surface area contributed by atoms with E-state index in [0.717, 1.165) is 0 Å². The molecule has 0 aromatic heterocycles. The largest absolute Gasteiger partial charge is 0.495 e. The number of ether oxygens (including phenoxy) is 1. The van der Waals surface area contributed by atoms with Crippen LogP contribution in [0.1, 0.15) is 0 Å². The summed E-state index contributed by atoms with van der Waals surface area (Å²) in [5.74, 6) is -1.35. The number of alkyl halides is 1. The van der Waals surface area contributed by atoms with Crippen molar-refractivity contribution in [3.05, 3.63) is 22.0 Å². The van der Waals surface area contributed by atoms with Gasteiger partial charge in [0.1, 0.15) is 5.76 Å². The molecule has 1 fully saturated rings. The van der Waals surface area contributed by atoms with E-state index in [1.807, 2.05) is 0 Å². The Morgan fingerprint density at radius 1 is 1.53 bits per heavy atom. The van der Waals surface area contributed by atoms with Crippen LogP contribution in [0.2, 0.25) is 0 Å². The summed E-state index contributed by atoms with van der Waals surface area (Å²) in [6.45, 7) is 0. The molecule has 80 valence electrons. The number of hydrogen-bond acceptors (Lipinski definition) is 3. The summed E-state index contributed by atoms with van der Waals surface area (Å²) in [6, 6.07) is 0. The summed E-state index contributed by atoms with van der Waals surface area (Å²) in [5.41, 5.74) is 0.454. The predicted molar refractivity (Wildman–Crippen MR) is 57.3 cm³/mol. The van der Waals surface area contributed by atoms with Gasteiger partial charge in [0.05, 0.1) is 24.1 Å². The van der Waals surface area contributed by atoms with Gasteiger partial charge in [-0.1, -0.05) is 15.9 Å². The van der Waals surface area contributed by atoms with E-state index < -0.39 is 23.0 Å². The summed E-state index contributed by atoms with van der Waals surface area (Å²) in [5, 5.41) is 1.92. The monoisotopic (exact) mass is 291 g/mol. The first-order chi connectivity index (χ1) is 7.06. The molecule has 2 unspecified atom stereocenters. The second-order valence-corrected chi connectivity index (χ2v) is 4.59. The molecule has 1 aliphatic carbocycles. The van der Waals surface area contributed by atoms with Crippen molar-refractivity contribution in [2.24, 2.45) is 5.92 Å². The van der Waals surface area contributed by atoms with Gasteiger partial charge in [0.25, 0.3) is 5.91 Å². The summed E-state index contributed by atoms with van der Waals surface area (Å²) in [7, 11) is 1.47. The summed E-state index contributed by atoms with van der Waals surface area (Å²) in [4.78, 5) is 22.7. The Kier molecular flexibility index (Phi) is 2.60. The van der Waals surface area contributed by atoms with E-state index in [1.165, 1.54) is 7.11 Å². The molecule has 2 rings (SSSR count). The highest BCUT2D eigenvalue weighted by Crippen LogP contribution is 2.38. The number of ketones is 1. The Bertz CT molecular complexity index is 416. The molecule has 0 spiro atoms. The predicted octanol–water partition coefficient (Wildman–Crippen LogP) is 1.06. The van der Waals surface area contributed by atoms with Gasteiger partial charge in [-0.15, -0.1) is 11.6 Å². The van der Waals surface area contributed by atoms with Crippen molar-refractivity contribution in [3.63, 3.8) is 0 Å². The average Bonchev–Trinajstić information content (AvgIpc) is 2.50. The Morgan fingerprint density at radius 2 is 2.20 bits per heavy atom. The highest BCUT2D eigenvalue weighted by atomic mass is 79.9. The van der Waals surface area contributed by atoms with Crippen LogP contribution in [0, 0.1) is 5.92 Å². The summed E-state index contributed by atoms with van der Waals surface area (Å²) < 4.78 is 5.71. The van der Waals surface area contributed by atoms with Gasteiger partial charge in [-0.3, -0.25) is 9.59 Å². The maximum absolute atomic E-state index is 11.5. The Labute approximate surface area is 99.4 Å². The van der Waals surface area contributed by atoms with Gasteiger partial charge >= 0.3 is 0 Å². The SMILES string of the molecule is COC1=C2NC(=O)C(=O)C2C(Cl)C(Br)=C1. The van der Waals surface area contributed by atoms with Gasteiger partial charge in [0.15, 0.2) is 0 Å². The van der Waals surface area contributed by atoms with Gasteiger partial charge in [-0.05, 0) is 6.08 Å². The molecule has 1 heterocycles. The molecule has 15 heavy (non-hydrogen) atoms. The molecule has 4 nitrogen and oxygen atoms in total. The fraction of sp³-hybridized carbons (Fsp3) is 0.333. The number of carbonyl (C=O) groups excluding carboxylic acids is 2. The van der Waals surface area contributed by atoms with Crippen LogP contribution in [0.5, 0.6) is 0 Å². The van der Waals surface area contributed by atoms with Crippen LogP contribution in [0.4, 0.5) is 0 Å². The lowest BCUT2D eigenvalue weighted by Crippen LogP contribution is -2.26. The third-order valence-corrected chi connectivity index (χ3v) is 3.85. The van der Waals surface area contributed by atoms with E-state index in [4.69, 9.17) is 16.3 Å². The van der Waals surface area contributed by atoms with Crippen LogP contribution >= 0.6 is 27.5 Å². The first-order valence-electron chi connectivity index (χ1n) is 4.20. The van der Waals surface area contributed by atoms with Gasteiger partial charge < -0.3 is 10.1 Å². The molecule has 0 aromatic rings. The molecule has 1 amide bonds. The fourth-order valence-corrected chi connectivity index (χ4v) is 2.41. The van der Waals surface area contributed by atoms with Crippen molar-refractivity contribution in [1.82, 2.24) is 5.32 Å². The number of fused-ring (bicyclic) bond motifs is 1. The van der Waals surface area contributed by atoms with Crippen LogP contribution < -0.4 is 5.32 Å². The number of halogens is 2. The van der Waals surface area contributed by atoms with E-state index >= 15 is 0 Å². The number of hydrogen-bond donors (Lipinski definition) is 1. The maximum atomic E-state index is 11.5. The van der Waals surface area contributed by atoms with E-state index in [-0.39, 0.29) is 0 Å². The van der Waals surface area contributed by atoms with Crippen LogP contribution in [-0.2, 0) is 14.3 Å². The van der Waals surface area contributed by atoms with Crippen molar-refractivity contribution in [1.29, 1.82) is 0 Å². The summed E-state index contributed by atoms with van der Waals surface area (Å²) in [6.07, 6.45) is 1.66. The normalized spacial score (nSPS) is 29.9. The standard InChI is InChI=1S/C9H7BrClNO3/c1-15-4-2-3(10)6(11)5-7(4)12-9(14)8(5)13/h2,5-6H,1H3,(H,12,14). The molecule has 1 N–H and O–H groups in total. The van der Waals surface area contributed by atoms with E-state index in [9.17, 15) is 9.59 Å². The molecule has 2 aliphatic rings. The lowest BCUT2D eigenvalue weighted by molar-refractivity contribution is -0.136. The highest BCUT2D eigenvalue weighted by molar-refractivity contribution is 9.11. The smallest absolute Gasteiger partial charge is 0.292 e. The number of amides is 1. The number of carbonyl (C=O) groups is 2. The lowest BCUT2D eigenvalue weighted by atomic mass is 9.94. The molecule has 0 aromatic carbocycles.